The molecule has 0 saturated carbocycles. The summed E-state index contributed by atoms with van der Waals surface area (Å²) in [6, 6.07) is 22.9. The number of hydrogen-bond donors (Lipinski definition) is 1. The summed E-state index contributed by atoms with van der Waals surface area (Å²) < 4.78 is 7.33. The molecule has 3 aromatic carbocycles. The zero-order chi connectivity index (χ0) is 21.0. The second-order valence-corrected chi connectivity index (χ2v) is 9.19. The van der Waals surface area contributed by atoms with E-state index >= 15 is 0 Å². The molecule has 0 amide bonds. The minimum atomic E-state index is -0.494. The number of piperazine rings is 1. The fourth-order valence-corrected chi connectivity index (χ4v) is 5.34. The number of fused-ring (bicyclic) bond motifs is 2. The monoisotopic (exact) mass is 432 g/mol. The lowest BCUT2D eigenvalue weighted by molar-refractivity contribution is 0.0451. The van der Waals surface area contributed by atoms with E-state index in [9.17, 15) is 5.11 Å². The van der Waals surface area contributed by atoms with Crippen molar-refractivity contribution >= 4 is 32.2 Å². The van der Waals surface area contributed by atoms with Crippen LogP contribution in [0.4, 0.5) is 0 Å². The van der Waals surface area contributed by atoms with E-state index in [0.717, 1.165) is 49.2 Å². The lowest BCUT2D eigenvalue weighted by Crippen LogP contribution is -2.48. The Hall–Kier alpha value is -2.44. The van der Waals surface area contributed by atoms with E-state index in [4.69, 9.17) is 4.74 Å². The van der Waals surface area contributed by atoms with Gasteiger partial charge < -0.3 is 9.84 Å². The molecule has 1 aromatic heterocycles. The van der Waals surface area contributed by atoms with Gasteiger partial charge in [0.15, 0.2) is 0 Å². The highest BCUT2D eigenvalue weighted by molar-refractivity contribution is 7.17. The molecule has 160 valence electrons. The summed E-state index contributed by atoms with van der Waals surface area (Å²) in [6.07, 6.45) is -0.494. The second kappa shape index (κ2) is 9.37. The smallest absolute Gasteiger partial charge is 0.127 e. The number of benzene rings is 3. The molecule has 31 heavy (non-hydrogen) atoms. The van der Waals surface area contributed by atoms with Crippen molar-refractivity contribution in [3.05, 3.63) is 77.7 Å². The fraction of sp³-hybridized carbons (Fsp3) is 0.308. The molecule has 5 rings (SSSR count). The van der Waals surface area contributed by atoms with E-state index < -0.39 is 6.10 Å². The standard InChI is InChI=1S/C26H28N2O2S/c29-22(18-30-25-10-5-7-20-6-1-2-8-23(20)25)17-28-14-12-27(13-15-28)16-21-19-31-26-11-4-3-9-24(21)26/h1-11,19,22,29H,12-18H2. The summed E-state index contributed by atoms with van der Waals surface area (Å²) in [5.41, 5.74) is 1.43. The van der Waals surface area contributed by atoms with E-state index in [1.807, 2.05) is 35.6 Å². The number of aliphatic hydroxyl groups excluding tert-OH is 1. The first-order valence-corrected chi connectivity index (χ1v) is 11.8. The van der Waals surface area contributed by atoms with Gasteiger partial charge in [0.2, 0.25) is 0 Å². The number of rotatable bonds is 7. The topological polar surface area (TPSA) is 35.9 Å². The maximum absolute atomic E-state index is 10.5. The summed E-state index contributed by atoms with van der Waals surface area (Å²) in [5.74, 6) is 0.838. The molecule has 0 aliphatic carbocycles. The number of nitrogens with zero attached hydrogens (tertiary/aromatic N) is 2. The van der Waals surface area contributed by atoms with Crippen molar-refractivity contribution in [1.29, 1.82) is 0 Å². The van der Waals surface area contributed by atoms with Crippen LogP contribution in [0.3, 0.4) is 0 Å². The number of β-amino-alcohol motifs (C(OH)–C–C–N with tert-alkyl or cyclic N) is 1. The van der Waals surface area contributed by atoms with Gasteiger partial charge in [-0.2, -0.15) is 0 Å². The zero-order valence-electron chi connectivity index (χ0n) is 17.6. The van der Waals surface area contributed by atoms with E-state index in [1.165, 1.54) is 15.6 Å². The van der Waals surface area contributed by atoms with Gasteiger partial charge >= 0.3 is 0 Å². The van der Waals surface area contributed by atoms with Crippen LogP contribution >= 0.6 is 11.3 Å². The maximum atomic E-state index is 10.5. The van der Waals surface area contributed by atoms with Gasteiger partial charge in [-0.25, -0.2) is 0 Å². The van der Waals surface area contributed by atoms with Crippen LogP contribution in [-0.4, -0.2) is 60.3 Å². The van der Waals surface area contributed by atoms with Crippen LogP contribution < -0.4 is 4.74 Å². The summed E-state index contributed by atoms with van der Waals surface area (Å²) in [6.45, 7) is 5.99. The predicted octanol–water partition coefficient (Wildman–Crippen LogP) is 4.61. The van der Waals surface area contributed by atoms with Crippen molar-refractivity contribution in [1.82, 2.24) is 9.80 Å². The van der Waals surface area contributed by atoms with E-state index in [-0.39, 0.29) is 0 Å². The Balaban J connectivity index is 1.10. The largest absolute Gasteiger partial charge is 0.490 e. The first kappa shape index (κ1) is 20.5. The number of aliphatic hydroxyl groups is 1. The third-order valence-electron chi connectivity index (χ3n) is 6.07. The molecule has 0 bridgehead atoms. The summed E-state index contributed by atoms with van der Waals surface area (Å²) >= 11 is 1.83. The molecule has 1 aliphatic rings. The first-order chi connectivity index (χ1) is 15.3. The van der Waals surface area contributed by atoms with Gasteiger partial charge in [0.1, 0.15) is 18.5 Å². The Kier molecular flexibility index (Phi) is 6.18. The Bertz CT molecular complexity index is 1150. The van der Waals surface area contributed by atoms with Gasteiger partial charge in [0.25, 0.3) is 0 Å². The number of hydrogen-bond acceptors (Lipinski definition) is 5. The SMILES string of the molecule is OC(COc1cccc2ccccc12)CN1CCN(Cc2csc3ccccc23)CC1. The van der Waals surface area contributed by atoms with Crippen molar-refractivity contribution in [3.63, 3.8) is 0 Å². The van der Waals surface area contributed by atoms with E-state index in [1.54, 1.807) is 0 Å². The third kappa shape index (κ3) is 4.75. The van der Waals surface area contributed by atoms with Gasteiger partial charge in [0.05, 0.1) is 0 Å². The van der Waals surface area contributed by atoms with Gasteiger partial charge in [-0.05, 0) is 33.8 Å². The summed E-state index contributed by atoms with van der Waals surface area (Å²) in [5, 5.41) is 16.5. The van der Waals surface area contributed by atoms with Crippen LogP contribution in [0.15, 0.2) is 72.1 Å². The van der Waals surface area contributed by atoms with Crippen LogP contribution in [0, 0.1) is 0 Å². The van der Waals surface area contributed by atoms with Gasteiger partial charge in [0, 0.05) is 49.4 Å². The zero-order valence-corrected chi connectivity index (χ0v) is 18.4. The third-order valence-corrected chi connectivity index (χ3v) is 7.08. The minimum Gasteiger partial charge on any atom is -0.490 e. The highest BCUT2D eigenvalue weighted by Gasteiger charge is 2.20. The molecule has 4 nitrogen and oxygen atoms in total. The van der Waals surface area contributed by atoms with Gasteiger partial charge in [-0.1, -0.05) is 54.6 Å². The van der Waals surface area contributed by atoms with Crippen molar-refractivity contribution in [2.24, 2.45) is 0 Å². The predicted molar refractivity (Wildman–Crippen MR) is 129 cm³/mol. The lowest BCUT2D eigenvalue weighted by Gasteiger charge is -2.35. The van der Waals surface area contributed by atoms with Crippen LogP contribution in [0.5, 0.6) is 5.75 Å². The van der Waals surface area contributed by atoms with E-state index in [0.29, 0.717) is 13.2 Å². The van der Waals surface area contributed by atoms with Crippen molar-refractivity contribution in [2.45, 2.75) is 12.6 Å². The Morgan fingerprint density at radius 1 is 0.839 bits per heavy atom. The quantitative estimate of drug-likeness (QED) is 0.463. The van der Waals surface area contributed by atoms with Gasteiger partial charge in [-0.15, -0.1) is 11.3 Å². The first-order valence-electron chi connectivity index (χ1n) is 10.9. The molecule has 0 spiro atoms. The molecule has 5 heteroatoms. The average molecular weight is 433 g/mol. The Morgan fingerprint density at radius 3 is 2.42 bits per heavy atom. The Labute approximate surface area is 187 Å². The van der Waals surface area contributed by atoms with Crippen LogP contribution in [-0.2, 0) is 6.54 Å². The number of ether oxygens (including phenoxy) is 1. The van der Waals surface area contributed by atoms with Crippen LogP contribution in [0.1, 0.15) is 5.56 Å². The van der Waals surface area contributed by atoms with Crippen molar-refractivity contribution < 1.29 is 9.84 Å². The summed E-state index contributed by atoms with van der Waals surface area (Å²) in [4.78, 5) is 4.86. The molecule has 1 aliphatic heterocycles. The normalized spacial score (nSPS) is 16.7. The fourth-order valence-electron chi connectivity index (χ4n) is 4.38. The molecule has 1 saturated heterocycles. The van der Waals surface area contributed by atoms with Crippen molar-refractivity contribution in [2.75, 3.05) is 39.3 Å². The maximum Gasteiger partial charge on any atom is 0.127 e. The molecular formula is C26H28N2O2S. The molecule has 0 radical (unpaired) electrons. The lowest BCUT2D eigenvalue weighted by atomic mass is 10.1. The second-order valence-electron chi connectivity index (χ2n) is 8.28. The molecule has 1 fully saturated rings. The highest BCUT2D eigenvalue weighted by atomic mass is 32.1. The van der Waals surface area contributed by atoms with Crippen molar-refractivity contribution in [3.8, 4) is 5.75 Å². The molecule has 1 unspecified atom stereocenters. The summed E-state index contributed by atoms with van der Waals surface area (Å²) in [7, 11) is 0. The Morgan fingerprint density at radius 2 is 1.55 bits per heavy atom. The minimum absolute atomic E-state index is 0.315. The molecule has 2 heterocycles. The highest BCUT2D eigenvalue weighted by Crippen LogP contribution is 2.27. The molecular weight excluding hydrogens is 404 g/mol. The van der Waals surface area contributed by atoms with Gasteiger partial charge in [-0.3, -0.25) is 9.80 Å². The van der Waals surface area contributed by atoms with Crippen LogP contribution in [0.2, 0.25) is 0 Å². The molecule has 4 aromatic rings. The molecule has 1 N–H and O–H groups in total. The number of thiophene rings is 1. The van der Waals surface area contributed by atoms with E-state index in [2.05, 4.69) is 57.6 Å². The van der Waals surface area contributed by atoms with Crippen LogP contribution in [0.25, 0.3) is 20.9 Å². The average Bonchev–Trinajstić information content (AvgIpc) is 3.22. The molecule has 1 atom stereocenters.